The highest BCUT2D eigenvalue weighted by Crippen LogP contribution is 2.29. The van der Waals surface area contributed by atoms with E-state index < -0.39 is 36.4 Å². The number of aliphatic hydroxyl groups is 2. The second kappa shape index (κ2) is 6.97. The fourth-order valence-electron chi connectivity index (χ4n) is 2.41. The molecular formula is C15H16N4O6. The third-order valence-electron chi connectivity index (χ3n) is 3.72. The topological polar surface area (TPSA) is 150 Å². The van der Waals surface area contributed by atoms with Gasteiger partial charge < -0.3 is 25.4 Å². The molecule has 1 saturated heterocycles. The van der Waals surface area contributed by atoms with Gasteiger partial charge in [0.25, 0.3) is 5.91 Å². The fourth-order valence-corrected chi connectivity index (χ4v) is 2.41. The van der Waals surface area contributed by atoms with Crippen LogP contribution in [0.2, 0.25) is 0 Å². The summed E-state index contributed by atoms with van der Waals surface area (Å²) in [7, 11) is 0. The summed E-state index contributed by atoms with van der Waals surface area (Å²) in [5.74, 6) is -1.66. The van der Waals surface area contributed by atoms with E-state index in [9.17, 15) is 19.8 Å². The van der Waals surface area contributed by atoms with Crippen LogP contribution in [0.15, 0.2) is 36.7 Å². The SMILES string of the molecule is NC(=O)c1ncn(C2OC(COC(=O)c3ccccc3)C(O)C2O)n1. The van der Waals surface area contributed by atoms with Crippen molar-refractivity contribution in [1.82, 2.24) is 14.8 Å². The van der Waals surface area contributed by atoms with Crippen molar-refractivity contribution in [3.05, 3.63) is 48.0 Å². The van der Waals surface area contributed by atoms with E-state index in [1.165, 1.54) is 0 Å². The second-order valence-electron chi connectivity index (χ2n) is 5.42. The number of hydrogen-bond donors (Lipinski definition) is 3. The first-order valence-corrected chi connectivity index (χ1v) is 7.42. The van der Waals surface area contributed by atoms with E-state index in [0.29, 0.717) is 5.56 Å². The summed E-state index contributed by atoms with van der Waals surface area (Å²) in [6.45, 7) is -0.264. The van der Waals surface area contributed by atoms with E-state index in [1.54, 1.807) is 30.3 Å². The number of carbonyl (C=O) groups is 2. The van der Waals surface area contributed by atoms with Crippen LogP contribution in [0.4, 0.5) is 0 Å². The van der Waals surface area contributed by atoms with Crippen LogP contribution in [0.25, 0.3) is 0 Å². The molecule has 25 heavy (non-hydrogen) atoms. The van der Waals surface area contributed by atoms with Crippen molar-refractivity contribution in [3.63, 3.8) is 0 Å². The van der Waals surface area contributed by atoms with Gasteiger partial charge in [0, 0.05) is 0 Å². The average molecular weight is 348 g/mol. The summed E-state index contributed by atoms with van der Waals surface area (Å²) in [5, 5.41) is 23.9. The van der Waals surface area contributed by atoms with Gasteiger partial charge in [-0.3, -0.25) is 4.79 Å². The monoisotopic (exact) mass is 348 g/mol. The second-order valence-corrected chi connectivity index (χ2v) is 5.42. The molecule has 1 aliphatic heterocycles. The third kappa shape index (κ3) is 3.50. The first-order valence-electron chi connectivity index (χ1n) is 7.42. The molecule has 1 aromatic carbocycles. The van der Waals surface area contributed by atoms with Gasteiger partial charge in [0.1, 0.15) is 31.2 Å². The minimum atomic E-state index is -1.34. The Balaban J connectivity index is 1.63. The number of rotatable bonds is 5. The molecule has 132 valence electrons. The molecule has 1 amide bonds. The number of amides is 1. The smallest absolute Gasteiger partial charge is 0.338 e. The van der Waals surface area contributed by atoms with Crippen molar-refractivity contribution in [3.8, 4) is 0 Å². The minimum Gasteiger partial charge on any atom is -0.459 e. The predicted molar refractivity (Wildman–Crippen MR) is 81.2 cm³/mol. The van der Waals surface area contributed by atoms with Crippen molar-refractivity contribution in [1.29, 1.82) is 0 Å². The molecule has 1 fully saturated rings. The summed E-state index contributed by atoms with van der Waals surface area (Å²) < 4.78 is 11.7. The van der Waals surface area contributed by atoms with Crippen molar-refractivity contribution >= 4 is 11.9 Å². The Morgan fingerprint density at radius 1 is 1.24 bits per heavy atom. The summed E-state index contributed by atoms with van der Waals surface area (Å²) in [6, 6.07) is 8.33. The molecule has 0 aliphatic carbocycles. The number of primary amides is 1. The van der Waals surface area contributed by atoms with Gasteiger partial charge >= 0.3 is 5.97 Å². The van der Waals surface area contributed by atoms with Crippen LogP contribution in [0, 0.1) is 0 Å². The summed E-state index contributed by atoms with van der Waals surface area (Å²) in [6.07, 6.45) is -3.55. The number of benzene rings is 1. The van der Waals surface area contributed by atoms with Gasteiger partial charge in [-0.25, -0.2) is 14.5 Å². The molecule has 1 aromatic heterocycles. The van der Waals surface area contributed by atoms with E-state index in [2.05, 4.69) is 10.1 Å². The van der Waals surface area contributed by atoms with Gasteiger partial charge in [-0.2, -0.15) is 0 Å². The Kier molecular flexibility index (Phi) is 4.74. The van der Waals surface area contributed by atoms with Gasteiger partial charge in [0.2, 0.25) is 5.82 Å². The van der Waals surface area contributed by atoms with Crippen LogP contribution >= 0.6 is 0 Å². The molecule has 3 rings (SSSR count). The molecule has 0 spiro atoms. The van der Waals surface area contributed by atoms with Crippen molar-refractivity contribution < 1.29 is 29.3 Å². The van der Waals surface area contributed by atoms with Gasteiger partial charge in [-0.05, 0) is 12.1 Å². The maximum atomic E-state index is 11.9. The standard InChI is InChI=1S/C15H16N4O6/c16-12(22)13-17-7-19(18-13)14-11(21)10(20)9(25-14)6-24-15(23)8-4-2-1-3-5-8/h1-5,7,9-11,14,20-21H,6H2,(H2,16,22). The molecule has 0 saturated carbocycles. The Morgan fingerprint density at radius 2 is 1.96 bits per heavy atom. The quantitative estimate of drug-likeness (QED) is 0.573. The van der Waals surface area contributed by atoms with Crippen LogP contribution in [-0.2, 0) is 9.47 Å². The van der Waals surface area contributed by atoms with Crippen LogP contribution in [-0.4, -0.2) is 61.8 Å². The van der Waals surface area contributed by atoms with E-state index in [0.717, 1.165) is 11.0 Å². The van der Waals surface area contributed by atoms with Crippen molar-refractivity contribution in [2.75, 3.05) is 6.61 Å². The van der Waals surface area contributed by atoms with E-state index in [4.69, 9.17) is 15.2 Å². The van der Waals surface area contributed by atoms with Crippen LogP contribution in [0.1, 0.15) is 27.2 Å². The molecule has 2 heterocycles. The lowest BCUT2D eigenvalue weighted by Gasteiger charge is -2.14. The lowest BCUT2D eigenvalue weighted by molar-refractivity contribution is -0.0632. The number of carbonyl (C=O) groups excluding carboxylic acids is 2. The minimum absolute atomic E-state index is 0.246. The predicted octanol–water partition coefficient (Wildman–Crippen LogP) is -1.15. The number of aliphatic hydroxyl groups excluding tert-OH is 2. The number of hydrogen-bond acceptors (Lipinski definition) is 8. The highest BCUT2D eigenvalue weighted by molar-refractivity contribution is 5.89. The lowest BCUT2D eigenvalue weighted by Crippen LogP contribution is -2.34. The number of aromatic nitrogens is 3. The number of ether oxygens (including phenoxy) is 2. The maximum absolute atomic E-state index is 11.9. The van der Waals surface area contributed by atoms with E-state index in [-0.39, 0.29) is 12.4 Å². The number of nitrogens with two attached hydrogens (primary N) is 1. The zero-order valence-corrected chi connectivity index (χ0v) is 12.9. The molecule has 0 radical (unpaired) electrons. The van der Waals surface area contributed by atoms with Crippen molar-refractivity contribution in [2.45, 2.75) is 24.5 Å². The molecule has 2 aromatic rings. The fraction of sp³-hybridized carbons (Fsp3) is 0.333. The zero-order chi connectivity index (χ0) is 18.0. The third-order valence-corrected chi connectivity index (χ3v) is 3.72. The van der Waals surface area contributed by atoms with Gasteiger partial charge in [-0.15, -0.1) is 5.10 Å². The number of esters is 1. The summed E-state index contributed by atoms with van der Waals surface area (Å²) >= 11 is 0. The van der Waals surface area contributed by atoms with Gasteiger partial charge in [-0.1, -0.05) is 18.2 Å². The molecule has 4 unspecified atom stereocenters. The molecule has 4 atom stereocenters. The van der Waals surface area contributed by atoms with Gasteiger partial charge in [0.05, 0.1) is 5.56 Å². The maximum Gasteiger partial charge on any atom is 0.338 e. The molecule has 10 heteroatoms. The van der Waals surface area contributed by atoms with Crippen LogP contribution < -0.4 is 5.73 Å². The Morgan fingerprint density at radius 3 is 2.60 bits per heavy atom. The largest absolute Gasteiger partial charge is 0.459 e. The molecule has 0 bridgehead atoms. The van der Waals surface area contributed by atoms with Crippen LogP contribution in [0.5, 0.6) is 0 Å². The Bertz CT molecular complexity index is 764. The molecular weight excluding hydrogens is 332 g/mol. The average Bonchev–Trinajstić information content (AvgIpc) is 3.20. The molecule has 10 nitrogen and oxygen atoms in total. The highest BCUT2D eigenvalue weighted by atomic mass is 16.6. The number of nitrogens with zero attached hydrogens (tertiary/aromatic N) is 3. The van der Waals surface area contributed by atoms with Gasteiger partial charge in [0.15, 0.2) is 6.23 Å². The normalized spacial score (nSPS) is 25.7. The zero-order valence-electron chi connectivity index (χ0n) is 12.9. The molecule has 4 N–H and O–H groups in total. The van der Waals surface area contributed by atoms with E-state index >= 15 is 0 Å². The Labute approximate surface area is 141 Å². The summed E-state index contributed by atoms with van der Waals surface area (Å²) in [4.78, 5) is 26.6. The first-order chi connectivity index (χ1) is 12.0. The summed E-state index contributed by atoms with van der Waals surface area (Å²) in [5.41, 5.74) is 5.42. The lowest BCUT2D eigenvalue weighted by atomic mass is 10.1. The van der Waals surface area contributed by atoms with Crippen LogP contribution in [0.3, 0.4) is 0 Å². The molecule has 1 aliphatic rings. The first kappa shape index (κ1) is 17.0. The van der Waals surface area contributed by atoms with Crippen molar-refractivity contribution in [2.24, 2.45) is 5.73 Å². The van der Waals surface area contributed by atoms with E-state index in [1.807, 2.05) is 0 Å². The highest BCUT2D eigenvalue weighted by Gasteiger charge is 2.45. The Hall–Kier alpha value is -2.82.